The average Bonchev–Trinajstić information content (AvgIpc) is 2.33. The number of rotatable bonds is 3. The summed E-state index contributed by atoms with van der Waals surface area (Å²) in [5.41, 5.74) is 8.48. The van der Waals surface area contributed by atoms with Crippen LogP contribution in [-0.2, 0) is 0 Å². The van der Waals surface area contributed by atoms with E-state index in [0.29, 0.717) is 15.7 Å². The molecule has 100 valence electrons. The number of halogens is 3. The maximum absolute atomic E-state index is 6.20. The van der Waals surface area contributed by atoms with E-state index in [-0.39, 0.29) is 6.04 Å². The van der Waals surface area contributed by atoms with Crippen molar-refractivity contribution in [1.29, 1.82) is 0 Å². The number of nitrogen functional groups attached to an aromatic ring is 1. The van der Waals surface area contributed by atoms with Crippen LogP contribution >= 0.6 is 39.1 Å². The Morgan fingerprint density at radius 2 is 1.89 bits per heavy atom. The molecule has 2 aromatic rings. The van der Waals surface area contributed by atoms with E-state index in [2.05, 4.69) is 21.2 Å². The minimum atomic E-state index is 0.0290. The number of hydrogen-bond donors (Lipinski definition) is 2. The number of nitrogens with one attached hydrogen (secondary N) is 1. The number of benzene rings is 2. The molecule has 2 rings (SSSR count). The molecule has 0 saturated carbocycles. The van der Waals surface area contributed by atoms with Crippen LogP contribution in [0.2, 0.25) is 10.0 Å². The van der Waals surface area contributed by atoms with Crippen LogP contribution in [0.15, 0.2) is 40.9 Å². The Morgan fingerprint density at radius 3 is 2.58 bits per heavy atom. The summed E-state index contributed by atoms with van der Waals surface area (Å²) < 4.78 is 0.971. The fourth-order valence-electron chi connectivity index (χ4n) is 1.82. The molecule has 0 bridgehead atoms. The summed E-state index contributed by atoms with van der Waals surface area (Å²) in [6.45, 7) is 2.02. The fraction of sp³-hybridized carbons (Fsp3) is 0.143. The van der Waals surface area contributed by atoms with E-state index in [1.165, 1.54) is 0 Å². The van der Waals surface area contributed by atoms with E-state index in [4.69, 9.17) is 28.9 Å². The second-order valence-corrected chi connectivity index (χ2v) is 6.02. The van der Waals surface area contributed by atoms with E-state index in [0.717, 1.165) is 15.7 Å². The molecule has 0 spiro atoms. The molecule has 0 saturated heterocycles. The van der Waals surface area contributed by atoms with Crippen LogP contribution < -0.4 is 11.1 Å². The molecule has 2 nitrogen and oxygen atoms in total. The van der Waals surface area contributed by atoms with Gasteiger partial charge >= 0.3 is 0 Å². The zero-order chi connectivity index (χ0) is 14.0. The van der Waals surface area contributed by atoms with Crippen LogP contribution in [0, 0.1) is 0 Å². The number of nitrogens with two attached hydrogens (primary N) is 1. The van der Waals surface area contributed by atoms with Crippen molar-refractivity contribution in [3.8, 4) is 0 Å². The molecular weight excluding hydrogens is 347 g/mol. The minimum absolute atomic E-state index is 0.0290. The second kappa shape index (κ2) is 6.04. The zero-order valence-electron chi connectivity index (χ0n) is 10.3. The Hall–Kier alpha value is -0.900. The van der Waals surface area contributed by atoms with Crippen molar-refractivity contribution in [3.63, 3.8) is 0 Å². The topological polar surface area (TPSA) is 38.0 Å². The van der Waals surface area contributed by atoms with E-state index >= 15 is 0 Å². The van der Waals surface area contributed by atoms with Gasteiger partial charge in [-0.3, -0.25) is 0 Å². The van der Waals surface area contributed by atoms with Crippen molar-refractivity contribution >= 4 is 50.5 Å². The summed E-state index contributed by atoms with van der Waals surface area (Å²) in [4.78, 5) is 0. The smallest absolute Gasteiger partial charge is 0.0589 e. The second-order valence-electron chi connectivity index (χ2n) is 4.26. The molecule has 2 aromatic carbocycles. The monoisotopic (exact) mass is 358 g/mol. The van der Waals surface area contributed by atoms with Gasteiger partial charge < -0.3 is 11.1 Å². The number of hydrogen-bond acceptors (Lipinski definition) is 2. The molecule has 3 N–H and O–H groups in total. The van der Waals surface area contributed by atoms with Crippen molar-refractivity contribution in [2.24, 2.45) is 0 Å². The summed E-state index contributed by atoms with van der Waals surface area (Å²) in [6.07, 6.45) is 0. The molecule has 0 radical (unpaired) electrons. The SMILES string of the molecule is C[C@@H](Nc1cc(Br)ccc1N)c1ccc(Cl)cc1Cl. The van der Waals surface area contributed by atoms with Gasteiger partial charge in [0, 0.05) is 14.5 Å². The third-order valence-electron chi connectivity index (χ3n) is 2.82. The fourth-order valence-corrected chi connectivity index (χ4v) is 2.75. The first-order valence-corrected chi connectivity index (χ1v) is 7.29. The van der Waals surface area contributed by atoms with Crippen molar-refractivity contribution in [3.05, 3.63) is 56.5 Å². The van der Waals surface area contributed by atoms with Crippen molar-refractivity contribution in [1.82, 2.24) is 0 Å². The van der Waals surface area contributed by atoms with E-state index in [1.807, 2.05) is 37.3 Å². The van der Waals surface area contributed by atoms with Gasteiger partial charge in [-0.2, -0.15) is 0 Å². The van der Waals surface area contributed by atoms with Gasteiger partial charge in [0.2, 0.25) is 0 Å². The van der Waals surface area contributed by atoms with Gasteiger partial charge in [-0.25, -0.2) is 0 Å². The lowest BCUT2D eigenvalue weighted by Crippen LogP contribution is -2.09. The standard InChI is InChI=1S/C14H13BrCl2N2/c1-8(11-4-3-10(16)7-12(11)17)19-14-6-9(15)2-5-13(14)18/h2-8,19H,18H2,1H3/t8-/m1/s1. The third-order valence-corrected chi connectivity index (χ3v) is 3.87. The van der Waals surface area contributed by atoms with Crippen molar-refractivity contribution in [2.75, 3.05) is 11.1 Å². The maximum atomic E-state index is 6.20. The highest BCUT2D eigenvalue weighted by Crippen LogP contribution is 2.31. The normalized spacial score (nSPS) is 12.2. The molecule has 19 heavy (non-hydrogen) atoms. The van der Waals surface area contributed by atoms with Crippen LogP contribution in [0.3, 0.4) is 0 Å². The molecule has 0 aliphatic heterocycles. The van der Waals surface area contributed by atoms with Gasteiger partial charge in [-0.05, 0) is 42.8 Å². The molecule has 0 heterocycles. The predicted octanol–water partition coefficient (Wildman–Crippen LogP) is 5.51. The molecule has 0 fully saturated rings. The highest BCUT2D eigenvalue weighted by atomic mass is 79.9. The first-order valence-electron chi connectivity index (χ1n) is 5.74. The Labute approximate surface area is 131 Å². The van der Waals surface area contributed by atoms with Gasteiger partial charge in [-0.1, -0.05) is 45.2 Å². The van der Waals surface area contributed by atoms with Gasteiger partial charge in [0.15, 0.2) is 0 Å². The quantitative estimate of drug-likeness (QED) is 0.709. The Kier molecular flexibility index (Phi) is 4.61. The Bertz CT molecular complexity index is 602. The molecule has 5 heteroatoms. The van der Waals surface area contributed by atoms with E-state index in [1.54, 1.807) is 6.07 Å². The van der Waals surface area contributed by atoms with Crippen molar-refractivity contribution in [2.45, 2.75) is 13.0 Å². The Balaban J connectivity index is 2.25. The zero-order valence-corrected chi connectivity index (χ0v) is 13.4. The van der Waals surface area contributed by atoms with E-state index in [9.17, 15) is 0 Å². The summed E-state index contributed by atoms with van der Waals surface area (Å²) in [6, 6.07) is 11.2. The molecule has 1 atom stereocenters. The van der Waals surface area contributed by atoms with Crippen LogP contribution in [0.5, 0.6) is 0 Å². The van der Waals surface area contributed by atoms with Crippen LogP contribution in [0.1, 0.15) is 18.5 Å². The molecule has 0 unspecified atom stereocenters. The van der Waals surface area contributed by atoms with E-state index < -0.39 is 0 Å². The van der Waals surface area contributed by atoms with Crippen LogP contribution in [-0.4, -0.2) is 0 Å². The molecule has 0 aliphatic rings. The highest BCUT2D eigenvalue weighted by molar-refractivity contribution is 9.10. The predicted molar refractivity (Wildman–Crippen MR) is 87.1 cm³/mol. The Morgan fingerprint density at radius 1 is 1.16 bits per heavy atom. The largest absolute Gasteiger partial charge is 0.397 e. The molecular formula is C14H13BrCl2N2. The average molecular weight is 360 g/mol. The maximum Gasteiger partial charge on any atom is 0.0589 e. The van der Waals surface area contributed by atoms with Crippen LogP contribution in [0.25, 0.3) is 0 Å². The summed E-state index contributed by atoms with van der Waals surface area (Å²) in [5, 5.41) is 4.61. The highest BCUT2D eigenvalue weighted by Gasteiger charge is 2.11. The van der Waals surface area contributed by atoms with Gasteiger partial charge in [0.25, 0.3) is 0 Å². The lowest BCUT2D eigenvalue weighted by molar-refractivity contribution is 0.885. The summed E-state index contributed by atoms with van der Waals surface area (Å²) in [5.74, 6) is 0. The lowest BCUT2D eigenvalue weighted by Gasteiger charge is -2.18. The minimum Gasteiger partial charge on any atom is -0.397 e. The third kappa shape index (κ3) is 3.56. The molecule has 0 aromatic heterocycles. The molecule has 0 amide bonds. The van der Waals surface area contributed by atoms with Crippen molar-refractivity contribution < 1.29 is 0 Å². The van der Waals surface area contributed by atoms with Gasteiger partial charge in [0.05, 0.1) is 17.4 Å². The first kappa shape index (κ1) is 14.5. The van der Waals surface area contributed by atoms with Gasteiger partial charge in [-0.15, -0.1) is 0 Å². The lowest BCUT2D eigenvalue weighted by atomic mass is 10.1. The summed E-state index contributed by atoms with van der Waals surface area (Å²) >= 11 is 15.5. The summed E-state index contributed by atoms with van der Waals surface area (Å²) in [7, 11) is 0. The van der Waals surface area contributed by atoms with Crippen LogP contribution in [0.4, 0.5) is 11.4 Å². The van der Waals surface area contributed by atoms with Gasteiger partial charge in [0.1, 0.15) is 0 Å². The first-order chi connectivity index (χ1) is 8.97. The molecule has 0 aliphatic carbocycles. The number of anilines is 2.